The van der Waals surface area contributed by atoms with Gasteiger partial charge in [0.05, 0.1) is 0 Å². The molecule has 1 unspecified atom stereocenters. The normalized spacial score (nSPS) is 20.8. The van der Waals surface area contributed by atoms with Gasteiger partial charge in [0.25, 0.3) is 0 Å². The second-order valence-corrected chi connectivity index (χ2v) is 6.62. The first-order valence-corrected chi connectivity index (χ1v) is 7.79. The first-order valence-electron chi connectivity index (χ1n) is 7.79. The zero-order chi connectivity index (χ0) is 15.1. The molecule has 1 aliphatic rings. The molecule has 0 fully saturated rings. The smallest absolute Gasteiger partial charge is 0.127 e. The Morgan fingerprint density at radius 3 is 2.38 bits per heavy atom. The molecule has 0 aromatic heterocycles. The number of hydrogen-bond donors (Lipinski definition) is 0. The van der Waals surface area contributed by atoms with Crippen LogP contribution in [0.3, 0.4) is 0 Å². The Morgan fingerprint density at radius 2 is 1.67 bits per heavy atom. The van der Waals surface area contributed by atoms with Gasteiger partial charge in [0.1, 0.15) is 11.9 Å². The van der Waals surface area contributed by atoms with Gasteiger partial charge in [0.2, 0.25) is 0 Å². The fourth-order valence-electron chi connectivity index (χ4n) is 3.35. The van der Waals surface area contributed by atoms with Crippen LogP contribution >= 0.6 is 0 Å². The third kappa shape index (κ3) is 2.57. The minimum absolute atomic E-state index is 0.165. The molecule has 1 heterocycles. The van der Waals surface area contributed by atoms with E-state index in [2.05, 4.69) is 65.0 Å². The fraction of sp³-hybridized carbons (Fsp3) is 0.400. The molecule has 0 saturated carbocycles. The van der Waals surface area contributed by atoms with E-state index in [9.17, 15) is 0 Å². The van der Waals surface area contributed by atoms with Gasteiger partial charge in [-0.25, -0.2) is 0 Å². The number of rotatable bonds is 1. The Bertz CT molecular complexity index is 684. The average molecular weight is 280 g/mol. The van der Waals surface area contributed by atoms with Gasteiger partial charge >= 0.3 is 0 Å². The summed E-state index contributed by atoms with van der Waals surface area (Å²) in [6.07, 6.45) is 1.26. The van der Waals surface area contributed by atoms with E-state index in [1.165, 1.54) is 33.4 Å². The molecular weight excluding hydrogens is 256 g/mol. The molecule has 3 rings (SSSR count). The van der Waals surface area contributed by atoms with Crippen molar-refractivity contribution in [3.05, 3.63) is 63.7 Å². The van der Waals surface area contributed by atoms with E-state index in [1.54, 1.807) is 0 Å². The molecule has 2 aromatic rings. The largest absolute Gasteiger partial charge is 0.485 e. The van der Waals surface area contributed by atoms with Crippen molar-refractivity contribution in [3.63, 3.8) is 0 Å². The number of ether oxygens (including phenoxy) is 1. The lowest BCUT2D eigenvalue weighted by molar-refractivity contribution is 0.123. The third-order valence-electron chi connectivity index (χ3n) is 4.73. The molecule has 2 atom stereocenters. The lowest BCUT2D eigenvalue weighted by Gasteiger charge is -2.33. The summed E-state index contributed by atoms with van der Waals surface area (Å²) in [5.41, 5.74) is 8.00. The second-order valence-electron chi connectivity index (χ2n) is 6.62. The Hall–Kier alpha value is -1.76. The predicted molar refractivity (Wildman–Crippen MR) is 88.1 cm³/mol. The minimum Gasteiger partial charge on any atom is -0.485 e. The van der Waals surface area contributed by atoms with Crippen molar-refractivity contribution in [1.82, 2.24) is 0 Å². The van der Waals surface area contributed by atoms with Crippen molar-refractivity contribution in [1.29, 1.82) is 0 Å². The van der Waals surface area contributed by atoms with E-state index < -0.39 is 0 Å². The third-order valence-corrected chi connectivity index (χ3v) is 4.73. The lowest BCUT2D eigenvalue weighted by atomic mass is 9.85. The maximum absolute atomic E-state index is 6.39. The van der Waals surface area contributed by atoms with Crippen LogP contribution in [0.1, 0.15) is 46.4 Å². The van der Waals surface area contributed by atoms with Crippen LogP contribution in [-0.4, -0.2) is 0 Å². The first-order chi connectivity index (χ1) is 9.95. The minimum atomic E-state index is 0.165. The maximum atomic E-state index is 6.39. The quantitative estimate of drug-likeness (QED) is 0.694. The highest BCUT2D eigenvalue weighted by atomic mass is 16.5. The lowest BCUT2D eigenvalue weighted by Crippen LogP contribution is -2.24. The number of benzene rings is 2. The van der Waals surface area contributed by atoms with E-state index in [0.717, 1.165) is 12.2 Å². The van der Waals surface area contributed by atoms with Crippen molar-refractivity contribution in [3.8, 4) is 5.75 Å². The molecule has 1 heteroatoms. The van der Waals surface area contributed by atoms with Crippen LogP contribution in [0.25, 0.3) is 0 Å². The molecule has 0 bridgehead atoms. The molecule has 0 radical (unpaired) electrons. The maximum Gasteiger partial charge on any atom is 0.127 e. The van der Waals surface area contributed by atoms with Gasteiger partial charge in [-0.05, 0) is 73.6 Å². The molecule has 1 nitrogen and oxygen atoms in total. The Labute approximate surface area is 128 Å². The van der Waals surface area contributed by atoms with Crippen molar-refractivity contribution >= 4 is 0 Å². The molecule has 0 aliphatic carbocycles. The SMILES string of the molecule is Cc1cc(C)c2c(c1)O[C@H](c1ccc(C)c(C)c1)C(C)C2. The summed E-state index contributed by atoms with van der Waals surface area (Å²) in [5.74, 6) is 1.58. The van der Waals surface area contributed by atoms with Gasteiger partial charge in [-0.2, -0.15) is 0 Å². The van der Waals surface area contributed by atoms with Gasteiger partial charge in [-0.3, -0.25) is 0 Å². The molecule has 0 amide bonds. The van der Waals surface area contributed by atoms with E-state index in [4.69, 9.17) is 4.74 Å². The Balaban J connectivity index is 2.00. The molecule has 0 N–H and O–H groups in total. The highest BCUT2D eigenvalue weighted by Crippen LogP contribution is 2.40. The van der Waals surface area contributed by atoms with Crippen LogP contribution in [-0.2, 0) is 6.42 Å². The molecular formula is C20H24O. The standard InChI is InChI=1S/C20H24O/c1-12-8-15(4)18-11-16(5)20(21-19(18)9-12)17-7-6-13(2)14(3)10-17/h6-10,16,20H,11H2,1-5H3/t16?,20-/m0/s1. The van der Waals surface area contributed by atoms with Crippen LogP contribution in [0.2, 0.25) is 0 Å². The summed E-state index contributed by atoms with van der Waals surface area (Å²) < 4.78 is 6.39. The summed E-state index contributed by atoms with van der Waals surface area (Å²) in [5, 5.41) is 0. The molecule has 21 heavy (non-hydrogen) atoms. The van der Waals surface area contributed by atoms with Gasteiger partial charge in [0.15, 0.2) is 0 Å². The van der Waals surface area contributed by atoms with Crippen LogP contribution in [0.4, 0.5) is 0 Å². The van der Waals surface area contributed by atoms with Crippen LogP contribution in [0, 0.1) is 33.6 Å². The average Bonchev–Trinajstić information content (AvgIpc) is 2.42. The zero-order valence-electron chi connectivity index (χ0n) is 13.7. The van der Waals surface area contributed by atoms with Crippen molar-refractivity contribution < 1.29 is 4.74 Å². The van der Waals surface area contributed by atoms with E-state index in [1.807, 2.05) is 0 Å². The highest BCUT2D eigenvalue weighted by Gasteiger charge is 2.29. The van der Waals surface area contributed by atoms with E-state index in [0.29, 0.717) is 5.92 Å². The number of fused-ring (bicyclic) bond motifs is 1. The van der Waals surface area contributed by atoms with Crippen LogP contribution in [0.5, 0.6) is 5.75 Å². The molecule has 0 spiro atoms. The summed E-state index contributed by atoms with van der Waals surface area (Å²) in [6, 6.07) is 11.1. The topological polar surface area (TPSA) is 9.23 Å². The van der Waals surface area contributed by atoms with Gasteiger partial charge in [0, 0.05) is 5.92 Å². The molecule has 1 aliphatic heterocycles. The summed E-state index contributed by atoms with van der Waals surface area (Å²) in [6.45, 7) is 11.0. The first kappa shape index (κ1) is 14.2. The molecule has 0 saturated heterocycles. The number of aryl methyl sites for hydroxylation is 4. The van der Waals surface area contributed by atoms with Crippen LogP contribution in [0.15, 0.2) is 30.3 Å². The van der Waals surface area contributed by atoms with Gasteiger partial charge in [-0.15, -0.1) is 0 Å². The fourth-order valence-corrected chi connectivity index (χ4v) is 3.35. The summed E-state index contributed by atoms with van der Waals surface area (Å²) >= 11 is 0. The Kier molecular flexibility index (Phi) is 3.52. The number of hydrogen-bond acceptors (Lipinski definition) is 1. The summed E-state index contributed by atoms with van der Waals surface area (Å²) in [7, 11) is 0. The molecule has 110 valence electrons. The van der Waals surface area contributed by atoms with Gasteiger partial charge < -0.3 is 4.74 Å². The predicted octanol–water partition coefficient (Wildman–Crippen LogP) is 5.23. The van der Waals surface area contributed by atoms with Gasteiger partial charge in [-0.1, -0.05) is 31.2 Å². The zero-order valence-corrected chi connectivity index (χ0v) is 13.7. The van der Waals surface area contributed by atoms with E-state index >= 15 is 0 Å². The monoisotopic (exact) mass is 280 g/mol. The van der Waals surface area contributed by atoms with Crippen molar-refractivity contribution in [2.75, 3.05) is 0 Å². The molecule has 2 aromatic carbocycles. The second kappa shape index (κ2) is 5.22. The Morgan fingerprint density at radius 1 is 0.905 bits per heavy atom. The van der Waals surface area contributed by atoms with Crippen molar-refractivity contribution in [2.45, 2.75) is 47.1 Å². The highest BCUT2D eigenvalue weighted by molar-refractivity contribution is 5.45. The van der Waals surface area contributed by atoms with Crippen LogP contribution < -0.4 is 4.74 Å². The van der Waals surface area contributed by atoms with Crippen molar-refractivity contribution in [2.24, 2.45) is 5.92 Å². The van der Waals surface area contributed by atoms with E-state index in [-0.39, 0.29) is 6.10 Å². The summed E-state index contributed by atoms with van der Waals surface area (Å²) in [4.78, 5) is 0.